The molecule has 0 saturated carbocycles. The monoisotopic (exact) mass is 267 g/mol. The van der Waals surface area contributed by atoms with Gasteiger partial charge in [0.1, 0.15) is 5.75 Å². The Morgan fingerprint density at radius 1 is 1.35 bits per heavy atom. The van der Waals surface area contributed by atoms with Crippen molar-refractivity contribution >= 4 is 29.1 Å². The van der Waals surface area contributed by atoms with E-state index in [0.29, 0.717) is 5.75 Å². The molecule has 0 aliphatic carbocycles. The molecule has 0 fully saturated rings. The third-order valence-electron chi connectivity index (χ3n) is 1.96. The molecule has 0 saturated heterocycles. The average molecular weight is 267 g/mol. The minimum Gasteiger partial charge on any atom is -0.508 e. The largest absolute Gasteiger partial charge is 0.508 e. The van der Waals surface area contributed by atoms with Gasteiger partial charge in [-0.2, -0.15) is 0 Å². The molecule has 6 heteroatoms. The molecule has 0 bridgehead atoms. The van der Waals surface area contributed by atoms with E-state index < -0.39 is 5.97 Å². The van der Waals surface area contributed by atoms with Gasteiger partial charge in [0.15, 0.2) is 0 Å². The molecule has 0 unspecified atom stereocenters. The first-order valence-corrected chi connectivity index (χ1v) is 6.61. The van der Waals surface area contributed by atoms with E-state index in [2.05, 4.69) is 4.98 Å². The summed E-state index contributed by atoms with van der Waals surface area (Å²) in [6.45, 7) is 0. The second kappa shape index (κ2) is 5.20. The van der Waals surface area contributed by atoms with Crippen LogP contribution in [0.3, 0.4) is 0 Å². The summed E-state index contributed by atoms with van der Waals surface area (Å²) in [5.74, 6) is -0.138. The molecule has 4 nitrogen and oxygen atoms in total. The molecular weight excluding hydrogens is 258 g/mol. The zero-order valence-corrected chi connectivity index (χ0v) is 10.3. The molecule has 17 heavy (non-hydrogen) atoms. The number of hydrogen-bond acceptors (Lipinski definition) is 5. The average Bonchev–Trinajstić information content (AvgIpc) is 2.77. The van der Waals surface area contributed by atoms with Crippen LogP contribution in [0, 0.1) is 0 Å². The van der Waals surface area contributed by atoms with E-state index in [1.165, 1.54) is 0 Å². The van der Waals surface area contributed by atoms with E-state index in [0.717, 1.165) is 21.9 Å². The normalized spacial score (nSPS) is 10.4. The first-order valence-electron chi connectivity index (χ1n) is 4.74. The van der Waals surface area contributed by atoms with Crippen LogP contribution in [0.4, 0.5) is 0 Å². The number of thioether (sulfide) groups is 1. The maximum atomic E-state index is 10.6. The van der Waals surface area contributed by atoms with Crippen LogP contribution in [0.2, 0.25) is 0 Å². The zero-order chi connectivity index (χ0) is 12.3. The summed E-state index contributed by atoms with van der Waals surface area (Å²) >= 11 is 2.68. The van der Waals surface area contributed by atoms with Crippen LogP contribution in [0.25, 0.3) is 0 Å². The van der Waals surface area contributed by atoms with E-state index >= 15 is 0 Å². The van der Waals surface area contributed by atoms with Crippen molar-refractivity contribution in [2.75, 3.05) is 0 Å². The van der Waals surface area contributed by atoms with E-state index in [9.17, 15) is 4.79 Å². The highest BCUT2D eigenvalue weighted by atomic mass is 32.2. The smallest absolute Gasteiger partial charge is 0.365 e. The molecular formula is C11H9NO3S2. The summed E-state index contributed by atoms with van der Waals surface area (Å²) < 4.78 is 0. The summed E-state index contributed by atoms with van der Waals surface area (Å²) in [6.07, 6.45) is 0. The van der Waals surface area contributed by atoms with Crippen LogP contribution in [0.1, 0.15) is 15.5 Å². The van der Waals surface area contributed by atoms with Crippen molar-refractivity contribution < 1.29 is 15.0 Å². The van der Waals surface area contributed by atoms with Crippen molar-refractivity contribution in [1.29, 1.82) is 0 Å². The summed E-state index contributed by atoms with van der Waals surface area (Å²) in [6, 6.07) is 6.85. The van der Waals surface area contributed by atoms with Crippen molar-refractivity contribution in [3.8, 4) is 5.75 Å². The van der Waals surface area contributed by atoms with Gasteiger partial charge in [0.2, 0.25) is 5.01 Å². The minimum atomic E-state index is -0.990. The van der Waals surface area contributed by atoms with Gasteiger partial charge in [-0.1, -0.05) is 0 Å². The Balaban J connectivity index is 1.97. The van der Waals surface area contributed by atoms with Gasteiger partial charge in [-0.05, 0) is 24.3 Å². The lowest BCUT2D eigenvalue weighted by Crippen LogP contribution is -1.94. The molecule has 1 aromatic carbocycles. The first kappa shape index (κ1) is 11.9. The Morgan fingerprint density at radius 2 is 2.06 bits per heavy atom. The van der Waals surface area contributed by atoms with Gasteiger partial charge in [-0.3, -0.25) is 0 Å². The van der Waals surface area contributed by atoms with Crippen molar-refractivity contribution in [3.05, 3.63) is 40.3 Å². The molecule has 88 valence electrons. The highest BCUT2D eigenvalue weighted by molar-refractivity contribution is 7.98. The molecule has 2 rings (SSSR count). The Kier molecular flexibility index (Phi) is 3.65. The first-order chi connectivity index (χ1) is 8.15. The highest BCUT2D eigenvalue weighted by Crippen LogP contribution is 2.25. The van der Waals surface area contributed by atoms with Crippen LogP contribution in [0.15, 0.2) is 34.5 Å². The van der Waals surface area contributed by atoms with E-state index in [4.69, 9.17) is 10.2 Å². The van der Waals surface area contributed by atoms with Crippen LogP contribution in [0.5, 0.6) is 5.75 Å². The summed E-state index contributed by atoms with van der Waals surface area (Å²) in [5.41, 5.74) is 0.755. The number of nitrogens with zero attached hydrogens (tertiary/aromatic N) is 1. The summed E-state index contributed by atoms with van der Waals surface area (Å²) in [4.78, 5) is 15.6. The zero-order valence-electron chi connectivity index (χ0n) is 8.66. The quantitative estimate of drug-likeness (QED) is 0.833. The summed E-state index contributed by atoms with van der Waals surface area (Å²) in [7, 11) is 0. The molecule has 2 N–H and O–H groups in total. The lowest BCUT2D eigenvalue weighted by Gasteiger charge is -1.99. The van der Waals surface area contributed by atoms with Crippen LogP contribution < -0.4 is 0 Å². The van der Waals surface area contributed by atoms with Gasteiger partial charge in [-0.15, -0.1) is 23.1 Å². The fourth-order valence-corrected chi connectivity index (χ4v) is 2.72. The fourth-order valence-electron chi connectivity index (χ4n) is 1.17. The van der Waals surface area contributed by atoms with Crippen LogP contribution >= 0.6 is 23.1 Å². The van der Waals surface area contributed by atoms with Gasteiger partial charge in [0, 0.05) is 16.0 Å². The molecule has 2 aromatic rings. The van der Waals surface area contributed by atoms with Crippen molar-refractivity contribution in [2.45, 2.75) is 10.6 Å². The lowest BCUT2D eigenvalue weighted by molar-refractivity contribution is 0.0696. The Hall–Kier alpha value is -1.53. The Bertz CT molecular complexity index is 522. The number of carbonyl (C=O) groups is 1. The predicted octanol–water partition coefficient (Wildman–Crippen LogP) is 2.84. The molecule has 0 radical (unpaired) electrons. The number of carboxylic acids is 1. The number of aromatic carboxylic acids is 1. The highest BCUT2D eigenvalue weighted by Gasteiger charge is 2.08. The number of benzene rings is 1. The van der Waals surface area contributed by atoms with Gasteiger partial charge in [-0.25, -0.2) is 9.78 Å². The Labute approximate surface area is 106 Å². The number of thiazole rings is 1. The molecule has 0 amide bonds. The van der Waals surface area contributed by atoms with E-state index in [1.54, 1.807) is 29.3 Å². The third-order valence-corrected chi connectivity index (χ3v) is 3.88. The Morgan fingerprint density at radius 3 is 2.65 bits per heavy atom. The predicted molar refractivity (Wildman–Crippen MR) is 66.7 cm³/mol. The number of carboxylic acid groups (broad SMARTS) is 1. The number of aromatic hydroxyl groups is 1. The summed E-state index contributed by atoms with van der Waals surface area (Å²) in [5, 5.41) is 19.7. The van der Waals surface area contributed by atoms with Crippen molar-refractivity contribution in [1.82, 2.24) is 4.98 Å². The van der Waals surface area contributed by atoms with E-state index in [1.807, 2.05) is 12.1 Å². The molecule has 0 aliphatic rings. The van der Waals surface area contributed by atoms with Gasteiger partial charge >= 0.3 is 5.97 Å². The lowest BCUT2D eigenvalue weighted by atomic mass is 10.3. The maximum Gasteiger partial charge on any atom is 0.365 e. The number of phenols is 1. The minimum absolute atomic E-state index is 0.117. The second-order valence-electron chi connectivity index (χ2n) is 3.23. The van der Waals surface area contributed by atoms with Crippen LogP contribution in [-0.2, 0) is 5.75 Å². The van der Waals surface area contributed by atoms with Gasteiger partial charge < -0.3 is 10.2 Å². The maximum absolute atomic E-state index is 10.6. The van der Waals surface area contributed by atoms with Crippen LogP contribution in [-0.4, -0.2) is 21.2 Å². The van der Waals surface area contributed by atoms with E-state index in [-0.39, 0.29) is 10.8 Å². The number of phenolic OH excluding ortho intramolecular Hbond substituents is 1. The number of aromatic nitrogens is 1. The van der Waals surface area contributed by atoms with Crippen molar-refractivity contribution in [3.63, 3.8) is 0 Å². The van der Waals surface area contributed by atoms with Crippen molar-refractivity contribution in [2.24, 2.45) is 0 Å². The second-order valence-corrected chi connectivity index (χ2v) is 5.14. The molecule has 1 heterocycles. The van der Waals surface area contributed by atoms with Gasteiger partial charge in [0.25, 0.3) is 0 Å². The number of rotatable bonds is 4. The third kappa shape index (κ3) is 3.21. The van der Waals surface area contributed by atoms with Gasteiger partial charge in [0.05, 0.1) is 5.69 Å². The topological polar surface area (TPSA) is 70.4 Å². The molecule has 1 aromatic heterocycles. The standard InChI is InChI=1S/C11H9NO3S2/c13-8-1-3-9(4-2-8)16-5-7-6-17-10(12-7)11(14)15/h1-4,6,13H,5H2,(H,14,15). The fraction of sp³-hybridized carbons (Fsp3) is 0.0909. The molecule has 0 atom stereocenters. The molecule has 0 spiro atoms. The molecule has 0 aliphatic heterocycles. The number of hydrogen-bond donors (Lipinski definition) is 2. The SMILES string of the molecule is O=C(O)c1nc(CSc2ccc(O)cc2)cs1.